The Balaban J connectivity index is 1.96. The molecule has 0 aliphatic carbocycles. The molecule has 0 aromatic carbocycles. The van der Waals surface area contributed by atoms with Crippen LogP contribution in [0.3, 0.4) is 0 Å². The van der Waals surface area contributed by atoms with Crippen molar-refractivity contribution in [2.45, 2.75) is 33.4 Å². The first-order valence-electron chi connectivity index (χ1n) is 6.54. The molecule has 2 rings (SSSR count). The summed E-state index contributed by atoms with van der Waals surface area (Å²) >= 11 is 0. The third-order valence-electron chi connectivity index (χ3n) is 3.01. The van der Waals surface area contributed by atoms with Gasteiger partial charge >= 0.3 is 0 Å². The van der Waals surface area contributed by atoms with Gasteiger partial charge in [0.1, 0.15) is 0 Å². The minimum absolute atomic E-state index is 0.880. The summed E-state index contributed by atoms with van der Waals surface area (Å²) in [4.78, 5) is 0. The van der Waals surface area contributed by atoms with Gasteiger partial charge in [-0.3, -0.25) is 4.68 Å². The van der Waals surface area contributed by atoms with Crippen LogP contribution in [0, 0.1) is 6.92 Å². The maximum absolute atomic E-state index is 4.37. The van der Waals surface area contributed by atoms with E-state index in [1.165, 1.54) is 17.7 Å². The Hall–Kier alpha value is -1.55. The number of rotatable bonds is 6. The standard InChI is InChI=1S/C14H22N4/c1-4-6-15-9-13-5-7-18(10-13)11-14-8-12(2)16-17(14)3/h5,7-8,10,15H,4,6,9,11H2,1-3H3. The van der Waals surface area contributed by atoms with Gasteiger partial charge in [0.05, 0.1) is 17.9 Å². The Morgan fingerprint density at radius 2 is 2.22 bits per heavy atom. The lowest BCUT2D eigenvalue weighted by Crippen LogP contribution is -2.13. The van der Waals surface area contributed by atoms with Crippen molar-refractivity contribution in [1.29, 1.82) is 0 Å². The summed E-state index contributed by atoms with van der Waals surface area (Å²) in [6.07, 6.45) is 5.51. The van der Waals surface area contributed by atoms with Crippen LogP contribution in [0.1, 0.15) is 30.3 Å². The Bertz CT molecular complexity index is 496. The number of hydrogen-bond acceptors (Lipinski definition) is 2. The third-order valence-corrected chi connectivity index (χ3v) is 3.01. The van der Waals surface area contributed by atoms with Crippen LogP contribution in [-0.2, 0) is 20.1 Å². The normalized spacial score (nSPS) is 11.1. The Labute approximate surface area is 109 Å². The predicted molar refractivity (Wildman–Crippen MR) is 73.5 cm³/mol. The van der Waals surface area contributed by atoms with Crippen molar-refractivity contribution in [1.82, 2.24) is 19.7 Å². The molecule has 2 aromatic heterocycles. The molecule has 0 aliphatic heterocycles. The molecule has 4 heteroatoms. The van der Waals surface area contributed by atoms with Crippen molar-refractivity contribution in [2.75, 3.05) is 6.54 Å². The minimum atomic E-state index is 0.880. The summed E-state index contributed by atoms with van der Waals surface area (Å²) in [5, 5.41) is 7.78. The highest BCUT2D eigenvalue weighted by Gasteiger charge is 2.03. The number of nitrogens with one attached hydrogen (secondary N) is 1. The molecule has 0 saturated carbocycles. The summed E-state index contributed by atoms with van der Waals surface area (Å²) in [6, 6.07) is 4.31. The number of nitrogens with zero attached hydrogens (tertiary/aromatic N) is 3. The molecule has 0 aliphatic rings. The molecule has 0 spiro atoms. The van der Waals surface area contributed by atoms with Gasteiger partial charge in [-0.1, -0.05) is 6.92 Å². The van der Waals surface area contributed by atoms with Crippen molar-refractivity contribution >= 4 is 0 Å². The molecule has 98 valence electrons. The highest BCUT2D eigenvalue weighted by atomic mass is 15.3. The molecule has 0 amide bonds. The second-order valence-corrected chi connectivity index (χ2v) is 4.77. The molecule has 0 fully saturated rings. The van der Waals surface area contributed by atoms with Crippen LogP contribution in [0.5, 0.6) is 0 Å². The van der Waals surface area contributed by atoms with Gasteiger partial charge in [0.25, 0.3) is 0 Å². The van der Waals surface area contributed by atoms with Gasteiger partial charge in [-0.25, -0.2) is 0 Å². The highest BCUT2D eigenvalue weighted by Crippen LogP contribution is 2.07. The number of aryl methyl sites for hydroxylation is 2. The lowest BCUT2D eigenvalue weighted by atomic mass is 10.3. The van der Waals surface area contributed by atoms with E-state index in [4.69, 9.17) is 0 Å². The summed E-state index contributed by atoms with van der Waals surface area (Å²) in [6.45, 7) is 7.12. The first kappa shape index (κ1) is 12.9. The highest BCUT2D eigenvalue weighted by molar-refractivity contribution is 5.14. The first-order valence-corrected chi connectivity index (χ1v) is 6.54. The molecule has 1 N–H and O–H groups in total. The molecule has 4 nitrogen and oxygen atoms in total. The number of hydrogen-bond donors (Lipinski definition) is 1. The zero-order chi connectivity index (χ0) is 13.0. The van der Waals surface area contributed by atoms with Crippen LogP contribution in [0.2, 0.25) is 0 Å². The lowest BCUT2D eigenvalue weighted by Gasteiger charge is -2.03. The fourth-order valence-electron chi connectivity index (χ4n) is 2.10. The van der Waals surface area contributed by atoms with E-state index in [1.807, 2.05) is 18.7 Å². The maximum atomic E-state index is 4.37. The monoisotopic (exact) mass is 246 g/mol. The van der Waals surface area contributed by atoms with Crippen LogP contribution >= 0.6 is 0 Å². The van der Waals surface area contributed by atoms with Crippen LogP contribution in [0.4, 0.5) is 0 Å². The largest absolute Gasteiger partial charge is 0.348 e. The molecule has 0 radical (unpaired) electrons. The van der Waals surface area contributed by atoms with Gasteiger partial charge in [-0.15, -0.1) is 0 Å². The van der Waals surface area contributed by atoms with E-state index in [0.717, 1.165) is 25.3 Å². The summed E-state index contributed by atoms with van der Waals surface area (Å²) in [5.41, 5.74) is 3.64. The van der Waals surface area contributed by atoms with Crippen LogP contribution in [-0.4, -0.2) is 20.9 Å². The van der Waals surface area contributed by atoms with Gasteiger partial charge < -0.3 is 9.88 Å². The van der Waals surface area contributed by atoms with Gasteiger partial charge in [0, 0.05) is 26.0 Å². The lowest BCUT2D eigenvalue weighted by molar-refractivity contribution is 0.657. The van der Waals surface area contributed by atoms with Crippen molar-refractivity contribution < 1.29 is 0 Å². The zero-order valence-corrected chi connectivity index (χ0v) is 11.5. The quantitative estimate of drug-likeness (QED) is 0.792. The Kier molecular flexibility index (Phi) is 4.20. The molecule has 0 saturated heterocycles. The topological polar surface area (TPSA) is 34.8 Å². The van der Waals surface area contributed by atoms with Crippen molar-refractivity contribution in [2.24, 2.45) is 7.05 Å². The van der Waals surface area contributed by atoms with E-state index in [9.17, 15) is 0 Å². The van der Waals surface area contributed by atoms with E-state index >= 15 is 0 Å². The van der Waals surface area contributed by atoms with Gasteiger partial charge in [0.2, 0.25) is 0 Å². The molecular formula is C14H22N4. The fourth-order valence-corrected chi connectivity index (χ4v) is 2.10. The molecule has 0 atom stereocenters. The van der Waals surface area contributed by atoms with Crippen molar-refractivity contribution in [3.63, 3.8) is 0 Å². The van der Waals surface area contributed by atoms with E-state index in [1.54, 1.807) is 0 Å². The summed E-state index contributed by atoms with van der Waals surface area (Å²) in [5.74, 6) is 0. The smallest absolute Gasteiger partial charge is 0.0639 e. The average molecular weight is 246 g/mol. The van der Waals surface area contributed by atoms with Crippen LogP contribution in [0.25, 0.3) is 0 Å². The van der Waals surface area contributed by atoms with Crippen molar-refractivity contribution in [3.05, 3.63) is 41.5 Å². The molecule has 0 bridgehead atoms. The second kappa shape index (κ2) is 5.87. The molecule has 0 unspecified atom stereocenters. The SMILES string of the molecule is CCCNCc1ccn(Cc2cc(C)nn2C)c1. The predicted octanol–water partition coefficient (Wildman–Crippen LogP) is 2.08. The molecular weight excluding hydrogens is 224 g/mol. The summed E-state index contributed by atoms with van der Waals surface area (Å²) < 4.78 is 4.16. The van der Waals surface area contributed by atoms with E-state index < -0.39 is 0 Å². The molecule has 2 heterocycles. The first-order chi connectivity index (χ1) is 8.69. The second-order valence-electron chi connectivity index (χ2n) is 4.77. The average Bonchev–Trinajstić information content (AvgIpc) is 2.88. The molecule has 18 heavy (non-hydrogen) atoms. The van der Waals surface area contributed by atoms with E-state index in [2.05, 4.69) is 46.4 Å². The van der Waals surface area contributed by atoms with Crippen LogP contribution in [0.15, 0.2) is 24.5 Å². The summed E-state index contributed by atoms with van der Waals surface area (Å²) in [7, 11) is 2.00. The molecule has 2 aromatic rings. The van der Waals surface area contributed by atoms with E-state index in [-0.39, 0.29) is 0 Å². The fraction of sp³-hybridized carbons (Fsp3) is 0.500. The Morgan fingerprint density at radius 1 is 1.39 bits per heavy atom. The van der Waals surface area contributed by atoms with Gasteiger partial charge in [-0.2, -0.15) is 5.10 Å². The number of aromatic nitrogens is 3. The zero-order valence-electron chi connectivity index (χ0n) is 11.5. The van der Waals surface area contributed by atoms with Crippen molar-refractivity contribution in [3.8, 4) is 0 Å². The minimum Gasteiger partial charge on any atom is -0.348 e. The van der Waals surface area contributed by atoms with Gasteiger partial charge in [0.15, 0.2) is 0 Å². The van der Waals surface area contributed by atoms with Crippen LogP contribution < -0.4 is 5.32 Å². The third kappa shape index (κ3) is 3.23. The van der Waals surface area contributed by atoms with Gasteiger partial charge in [-0.05, 0) is 37.6 Å². The Morgan fingerprint density at radius 3 is 2.89 bits per heavy atom. The maximum Gasteiger partial charge on any atom is 0.0639 e. The van der Waals surface area contributed by atoms with E-state index in [0.29, 0.717) is 0 Å².